The Morgan fingerprint density at radius 2 is 2.30 bits per heavy atom. The van der Waals surface area contributed by atoms with Crippen LogP contribution in [0, 0.1) is 11.8 Å². The second kappa shape index (κ2) is 5.43. The first-order valence-corrected chi connectivity index (χ1v) is 7.63. The number of hydrogen-bond acceptors (Lipinski definition) is 3. The van der Waals surface area contributed by atoms with Crippen LogP contribution in [0.25, 0.3) is 0 Å². The molecule has 4 nitrogen and oxygen atoms in total. The summed E-state index contributed by atoms with van der Waals surface area (Å²) in [6.45, 7) is 3.13. The molecule has 2 N–H and O–H groups in total. The first-order valence-electron chi connectivity index (χ1n) is 7.63. The molecule has 4 heteroatoms. The van der Waals surface area contributed by atoms with E-state index in [0.717, 1.165) is 43.0 Å². The molecule has 108 valence electrons. The number of hydrogen-bond donors (Lipinski definition) is 2. The van der Waals surface area contributed by atoms with Gasteiger partial charge in [0.15, 0.2) is 0 Å². The molecule has 0 radical (unpaired) electrons. The first kappa shape index (κ1) is 13.4. The normalized spacial score (nSPS) is 24.6. The number of nitrogens with one attached hydrogen (secondary N) is 1. The zero-order chi connectivity index (χ0) is 14.1. The zero-order valence-corrected chi connectivity index (χ0v) is 12.0. The van der Waals surface area contributed by atoms with Gasteiger partial charge in [0.2, 0.25) is 0 Å². The minimum absolute atomic E-state index is 0.330. The summed E-state index contributed by atoms with van der Waals surface area (Å²) < 4.78 is 0. The molecule has 2 unspecified atom stereocenters. The Kier molecular flexibility index (Phi) is 3.64. The van der Waals surface area contributed by atoms with Gasteiger partial charge in [-0.15, -0.1) is 0 Å². The fraction of sp³-hybridized carbons (Fsp3) is 0.625. The van der Waals surface area contributed by atoms with Gasteiger partial charge in [0.1, 0.15) is 11.4 Å². The second-order valence-corrected chi connectivity index (χ2v) is 6.31. The number of nitrogens with zero attached hydrogens (tertiary/aromatic N) is 1. The van der Waals surface area contributed by atoms with E-state index in [-0.39, 0.29) is 0 Å². The average Bonchev–Trinajstić information content (AvgIpc) is 3.03. The first-order chi connectivity index (χ1) is 9.63. The highest BCUT2D eigenvalue weighted by Crippen LogP contribution is 2.31. The maximum atomic E-state index is 11.4. The Balaban J connectivity index is 1.76. The lowest BCUT2D eigenvalue weighted by Gasteiger charge is -2.14. The minimum Gasteiger partial charge on any atom is -0.478 e. The number of rotatable bonds is 4. The number of carbonyl (C=O) groups is 1. The number of anilines is 1. The molecule has 2 aliphatic carbocycles. The maximum Gasteiger partial charge on any atom is 0.339 e. The molecule has 2 atom stereocenters. The molecule has 3 rings (SSSR count). The molecule has 0 aliphatic heterocycles. The van der Waals surface area contributed by atoms with Gasteiger partial charge in [-0.05, 0) is 55.6 Å². The van der Waals surface area contributed by atoms with E-state index in [4.69, 9.17) is 0 Å². The Labute approximate surface area is 119 Å². The van der Waals surface area contributed by atoms with E-state index < -0.39 is 5.97 Å². The van der Waals surface area contributed by atoms with E-state index >= 15 is 0 Å². The van der Waals surface area contributed by atoms with Crippen molar-refractivity contribution in [3.63, 3.8) is 0 Å². The molecule has 2 aliphatic rings. The molecule has 0 aromatic carbocycles. The molecule has 0 bridgehead atoms. The quantitative estimate of drug-likeness (QED) is 0.885. The Bertz CT molecular complexity index is 527. The molecule has 0 saturated heterocycles. The standard InChI is InChI=1S/C16H22N2O2/c1-10-5-6-11(7-10)9-17-15-13(16(19)20)8-12-3-2-4-14(12)18-15/h8,10-11H,2-7,9H2,1H3,(H,17,18)(H,19,20). The third-order valence-electron chi connectivity index (χ3n) is 4.64. The van der Waals surface area contributed by atoms with Gasteiger partial charge in [-0.2, -0.15) is 0 Å². The van der Waals surface area contributed by atoms with Crippen LogP contribution >= 0.6 is 0 Å². The lowest BCUT2D eigenvalue weighted by Crippen LogP contribution is -2.16. The number of aryl methyl sites for hydroxylation is 2. The van der Waals surface area contributed by atoms with E-state index in [9.17, 15) is 9.90 Å². The van der Waals surface area contributed by atoms with Crippen LogP contribution in [0.1, 0.15) is 54.2 Å². The molecule has 1 heterocycles. The van der Waals surface area contributed by atoms with E-state index in [1.165, 1.54) is 19.3 Å². The molecular formula is C16H22N2O2. The summed E-state index contributed by atoms with van der Waals surface area (Å²) in [6, 6.07) is 1.82. The number of carboxylic acid groups (broad SMARTS) is 1. The molecular weight excluding hydrogens is 252 g/mol. The minimum atomic E-state index is -0.880. The number of aromatic carboxylic acids is 1. The smallest absolute Gasteiger partial charge is 0.339 e. The Morgan fingerprint density at radius 3 is 3.00 bits per heavy atom. The Morgan fingerprint density at radius 1 is 1.45 bits per heavy atom. The summed E-state index contributed by atoms with van der Waals surface area (Å²) in [5, 5.41) is 12.6. The summed E-state index contributed by atoms with van der Waals surface area (Å²) in [4.78, 5) is 16.0. The lowest BCUT2D eigenvalue weighted by molar-refractivity contribution is 0.0697. The van der Waals surface area contributed by atoms with E-state index in [2.05, 4.69) is 17.2 Å². The van der Waals surface area contributed by atoms with Crippen LogP contribution < -0.4 is 5.32 Å². The monoisotopic (exact) mass is 274 g/mol. The van der Waals surface area contributed by atoms with Gasteiger partial charge >= 0.3 is 5.97 Å². The van der Waals surface area contributed by atoms with Crippen molar-refractivity contribution in [2.45, 2.75) is 45.4 Å². The highest BCUT2D eigenvalue weighted by atomic mass is 16.4. The van der Waals surface area contributed by atoms with Gasteiger partial charge in [0.25, 0.3) is 0 Å². The summed E-state index contributed by atoms with van der Waals surface area (Å²) in [5.74, 6) is 1.14. The van der Waals surface area contributed by atoms with Crippen molar-refractivity contribution in [3.8, 4) is 0 Å². The predicted octanol–water partition coefficient (Wildman–Crippen LogP) is 3.12. The van der Waals surface area contributed by atoms with Gasteiger partial charge < -0.3 is 10.4 Å². The van der Waals surface area contributed by atoms with E-state index in [1.54, 1.807) is 0 Å². The third-order valence-corrected chi connectivity index (χ3v) is 4.64. The van der Waals surface area contributed by atoms with E-state index in [1.807, 2.05) is 6.07 Å². The van der Waals surface area contributed by atoms with Crippen molar-refractivity contribution >= 4 is 11.8 Å². The lowest BCUT2D eigenvalue weighted by atomic mass is 10.1. The topological polar surface area (TPSA) is 62.2 Å². The van der Waals surface area contributed by atoms with Crippen LogP contribution in [0.2, 0.25) is 0 Å². The van der Waals surface area contributed by atoms with Crippen molar-refractivity contribution in [2.75, 3.05) is 11.9 Å². The van der Waals surface area contributed by atoms with Crippen molar-refractivity contribution < 1.29 is 9.90 Å². The second-order valence-electron chi connectivity index (χ2n) is 6.31. The van der Waals surface area contributed by atoms with Gasteiger partial charge in [0, 0.05) is 12.2 Å². The molecule has 0 amide bonds. The number of aromatic nitrogens is 1. The fourth-order valence-corrected chi connectivity index (χ4v) is 3.52. The summed E-state index contributed by atoms with van der Waals surface area (Å²) >= 11 is 0. The molecule has 1 saturated carbocycles. The molecule has 1 aromatic heterocycles. The highest BCUT2D eigenvalue weighted by Gasteiger charge is 2.23. The van der Waals surface area contributed by atoms with E-state index in [0.29, 0.717) is 17.3 Å². The average molecular weight is 274 g/mol. The van der Waals surface area contributed by atoms with Crippen LogP contribution in [-0.2, 0) is 12.8 Å². The summed E-state index contributed by atoms with van der Waals surface area (Å²) in [5.41, 5.74) is 2.52. The fourth-order valence-electron chi connectivity index (χ4n) is 3.52. The van der Waals surface area contributed by atoms with Crippen LogP contribution in [0.3, 0.4) is 0 Å². The summed E-state index contributed by atoms with van der Waals surface area (Å²) in [7, 11) is 0. The highest BCUT2D eigenvalue weighted by molar-refractivity contribution is 5.93. The van der Waals surface area contributed by atoms with Crippen LogP contribution in [0.4, 0.5) is 5.82 Å². The van der Waals surface area contributed by atoms with Crippen LogP contribution in [-0.4, -0.2) is 22.6 Å². The molecule has 0 spiro atoms. The number of pyridine rings is 1. The van der Waals surface area contributed by atoms with Gasteiger partial charge in [0.05, 0.1) is 0 Å². The molecule has 1 aromatic rings. The van der Waals surface area contributed by atoms with Gasteiger partial charge in [-0.1, -0.05) is 13.3 Å². The number of carboxylic acids is 1. The van der Waals surface area contributed by atoms with Crippen LogP contribution in [0.15, 0.2) is 6.07 Å². The Hall–Kier alpha value is -1.58. The van der Waals surface area contributed by atoms with Gasteiger partial charge in [-0.3, -0.25) is 0 Å². The van der Waals surface area contributed by atoms with Crippen molar-refractivity contribution in [3.05, 3.63) is 22.9 Å². The van der Waals surface area contributed by atoms with Crippen molar-refractivity contribution in [1.29, 1.82) is 0 Å². The largest absolute Gasteiger partial charge is 0.478 e. The van der Waals surface area contributed by atoms with Crippen molar-refractivity contribution in [2.24, 2.45) is 11.8 Å². The molecule has 20 heavy (non-hydrogen) atoms. The van der Waals surface area contributed by atoms with Gasteiger partial charge in [-0.25, -0.2) is 9.78 Å². The van der Waals surface area contributed by atoms with Crippen molar-refractivity contribution in [1.82, 2.24) is 4.98 Å². The zero-order valence-electron chi connectivity index (χ0n) is 12.0. The SMILES string of the molecule is CC1CCC(CNc2nc3c(cc2C(=O)O)CCC3)C1. The number of fused-ring (bicyclic) bond motifs is 1. The maximum absolute atomic E-state index is 11.4. The molecule has 1 fully saturated rings. The van der Waals surface area contributed by atoms with Crippen LogP contribution in [0.5, 0.6) is 0 Å². The third kappa shape index (κ3) is 2.65. The summed E-state index contributed by atoms with van der Waals surface area (Å²) in [6.07, 6.45) is 6.79. The predicted molar refractivity (Wildman–Crippen MR) is 78.2 cm³/mol.